The van der Waals surface area contributed by atoms with Gasteiger partial charge in [0.1, 0.15) is 0 Å². The molecule has 4 nitrogen and oxygen atoms in total. The minimum absolute atomic E-state index is 0.116. The lowest BCUT2D eigenvalue weighted by Gasteiger charge is -2.24. The summed E-state index contributed by atoms with van der Waals surface area (Å²) in [6, 6.07) is 18.4. The van der Waals surface area contributed by atoms with Crippen molar-refractivity contribution in [3.8, 4) is 0 Å². The number of hydrogen-bond donors (Lipinski definition) is 1. The topological polar surface area (TPSA) is 58.9 Å². The molecule has 110 valence electrons. The molecule has 5 heteroatoms. The molecular weight excluding hydrogens is 344 g/mol. The summed E-state index contributed by atoms with van der Waals surface area (Å²) < 4.78 is 0.850. The maximum absolute atomic E-state index is 11.4. The Labute approximate surface area is 136 Å². The summed E-state index contributed by atoms with van der Waals surface area (Å²) in [5.74, 6) is 0. The number of nitrogens with zero attached hydrogens (tertiary/aromatic N) is 2. The third kappa shape index (κ3) is 2.87. The first kappa shape index (κ1) is 14.7. The molecule has 3 aromatic carbocycles. The Morgan fingerprint density at radius 2 is 1.77 bits per heavy atom. The van der Waals surface area contributed by atoms with Crippen molar-refractivity contribution in [2.24, 2.45) is 4.99 Å². The van der Waals surface area contributed by atoms with Crippen LogP contribution in [0.5, 0.6) is 0 Å². The zero-order valence-electron chi connectivity index (χ0n) is 11.5. The van der Waals surface area contributed by atoms with E-state index in [0.717, 1.165) is 21.1 Å². The van der Waals surface area contributed by atoms with Gasteiger partial charge in [-0.15, -0.1) is 0 Å². The summed E-state index contributed by atoms with van der Waals surface area (Å²) in [6.07, 6.45) is 1.69. The van der Waals surface area contributed by atoms with E-state index < -0.39 is 0 Å². The molecular formula is C17H12BrN2O2-. The first-order chi connectivity index (χ1) is 10.7. The molecule has 1 N–H and O–H groups in total. The minimum atomic E-state index is -0.116. The average Bonchev–Trinajstić information content (AvgIpc) is 2.54. The molecule has 0 aliphatic heterocycles. The summed E-state index contributed by atoms with van der Waals surface area (Å²) in [6.45, 7) is 0. The van der Waals surface area contributed by atoms with E-state index in [1.807, 2.05) is 48.5 Å². The fraction of sp³-hybridized carbons (Fsp3) is 0. The fourth-order valence-electron chi connectivity index (χ4n) is 2.31. The molecule has 0 atom stereocenters. The maximum Gasteiger partial charge on any atom is 0.0629 e. The molecule has 22 heavy (non-hydrogen) atoms. The van der Waals surface area contributed by atoms with Gasteiger partial charge in [0.05, 0.1) is 11.4 Å². The number of halogens is 1. The number of para-hydroxylation sites is 1. The quantitative estimate of drug-likeness (QED) is 0.528. The van der Waals surface area contributed by atoms with Crippen LogP contribution in [0, 0.1) is 5.21 Å². The second kappa shape index (κ2) is 6.27. The van der Waals surface area contributed by atoms with Crippen LogP contribution < -0.4 is 5.23 Å². The van der Waals surface area contributed by atoms with E-state index in [0.29, 0.717) is 5.39 Å². The van der Waals surface area contributed by atoms with Crippen LogP contribution in [0.15, 0.2) is 70.1 Å². The fourth-order valence-corrected chi connectivity index (χ4v) is 2.77. The highest BCUT2D eigenvalue weighted by atomic mass is 79.9. The van der Waals surface area contributed by atoms with Crippen molar-refractivity contribution in [1.82, 2.24) is 0 Å². The van der Waals surface area contributed by atoms with Gasteiger partial charge in [0.15, 0.2) is 0 Å². The largest absolute Gasteiger partial charge is 0.733 e. The predicted octanol–water partition coefficient (Wildman–Crippen LogP) is 5.05. The number of anilines is 1. The van der Waals surface area contributed by atoms with E-state index in [9.17, 15) is 10.4 Å². The third-order valence-electron chi connectivity index (χ3n) is 3.31. The van der Waals surface area contributed by atoms with Gasteiger partial charge in [0.25, 0.3) is 0 Å². The molecule has 0 aliphatic carbocycles. The van der Waals surface area contributed by atoms with E-state index in [-0.39, 0.29) is 10.9 Å². The third-order valence-corrected chi connectivity index (χ3v) is 4.00. The van der Waals surface area contributed by atoms with Crippen LogP contribution in [-0.4, -0.2) is 11.4 Å². The summed E-state index contributed by atoms with van der Waals surface area (Å²) in [7, 11) is 0. The van der Waals surface area contributed by atoms with E-state index in [4.69, 9.17) is 0 Å². The SMILES string of the molecule is [O-]N(O)c1ccc(Br)c2cccc(C=Nc3ccccc3)c12. The zero-order chi connectivity index (χ0) is 15.5. The Morgan fingerprint density at radius 1 is 1.00 bits per heavy atom. The molecule has 0 heterocycles. The molecule has 0 fully saturated rings. The number of aliphatic imine (C=N–C) groups is 1. The van der Waals surface area contributed by atoms with Gasteiger partial charge in [-0.25, -0.2) is 0 Å². The van der Waals surface area contributed by atoms with Crippen molar-refractivity contribution in [3.05, 3.63) is 75.9 Å². The first-order valence-electron chi connectivity index (χ1n) is 6.63. The molecule has 0 bridgehead atoms. The highest BCUT2D eigenvalue weighted by molar-refractivity contribution is 9.10. The van der Waals surface area contributed by atoms with Gasteiger partial charge < -0.3 is 10.4 Å². The van der Waals surface area contributed by atoms with E-state index in [2.05, 4.69) is 20.9 Å². The van der Waals surface area contributed by atoms with Gasteiger partial charge in [-0.3, -0.25) is 10.2 Å². The Hall–Kier alpha value is -2.21. The van der Waals surface area contributed by atoms with Crippen molar-refractivity contribution in [2.45, 2.75) is 0 Å². The monoisotopic (exact) mass is 355 g/mol. The van der Waals surface area contributed by atoms with Crippen LogP contribution in [0.4, 0.5) is 11.4 Å². The maximum atomic E-state index is 11.4. The van der Waals surface area contributed by atoms with Gasteiger partial charge in [-0.2, -0.15) is 0 Å². The van der Waals surface area contributed by atoms with Crippen LogP contribution in [0.3, 0.4) is 0 Å². The number of hydrogen-bond acceptors (Lipinski definition) is 4. The second-order valence-electron chi connectivity index (χ2n) is 4.70. The lowest BCUT2D eigenvalue weighted by atomic mass is 10.0. The predicted molar refractivity (Wildman–Crippen MR) is 93.0 cm³/mol. The highest BCUT2D eigenvalue weighted by Gasteiger charge is 2.08. The smallest absolute Gasteiger partial charge is 0.0629 e. The second-order valence-corrected chi connectivity index (χ2v) is 5.56. The average molecular weight is 356 g/mol. The number of rotatable bonds is 3. The summed E-state index contributed by atoms with van der Waals surface area (Å²) in [4.78, 5) is 4.41. The molecule has 0 saturated heterocycles. The van der Waals surface area contributed by atoms with Crippen molar-refractivity contribution in [3.63, 3.8) is 0 Å². The van der Waals surface area contributed by atoms with E-state index in [1.165, 1.54) is 0 Å². The lowest BCUT2D eigenvalue weighted by molar-refractivity contribution is 0.297. The minimum Gasteiger partial charge on any atom is -0.733 e. The summed E-state index contributed by atoms with van der Waals surface area (Å²) in [5, 5.41) is 22.1. The van der Waals surface area contributed by atoms with Gasteiger partial charge >= 0.3 is 0 Å². The van der Waals surface area contributed by atoms with Gasteiger partial charge in [-0.05, 0) is 29.7 Å². The van der Waals surface area contributed by atoms with Crippen LogP contribution in [0.2, 0.25) is 0 Å². The molecule has 3 aromatic rings. The summed E-state index contributed by atoms with van der Waals surface area (Å²) >= 11 is 3.46. The number of benzene rings is 3. The Balaban J connectivity index is 2.17. The van der Waals surface area contributed by atoms with Crippen molar-refractivity contribution in [1.29, 1.82) is 0 Å². The molecule has 3 rings (SSSR count). The Morgan fingerprint density at radius 3 is 2.50 bits per heavy atom. The van der Waals surface area contributed by atoms with Gasteiger partial charge in [0, 0.05) is 21.6 Å². The molecule has 0 unspecified atom stereocenters. The molecule has 0 aromatic heterocycles. The van der Waals surface area contributed by atoms with Gasteiger partial charge in [0.2, 0.25) is 0 Å². The van der Waals surface area contributed by atoms with Crippen LogP contribution in [-0.2, 0) is 0 Å². The van der Waals surface area contributed by atoms with Crippen LogP contribution in [0.1, 0.15) is 5.56 Å². The van der Waals surface area contributed by atoms with Gasteiger partial charge in [-0.1, -0.05) is 52.3 Å². The summed E-state index contributed by atoms with van der Waals surface area (Å²) in [5.41, 5.74) is 1.76. The van der Waals surface area contributed by atoms with Crippen LogP contribution >= 0.6 is 15.9 Å². The lowest BCUT2D eigenvalue weighted by Crippen LogP contribution is -2.08. The molecule has 0 spiro atoms. The highest BCUT2D eigenvalue weighted by Crippen LogP contribution is 2.33. The van der Waals surface area contributed by atoms with Crippen molar-refractivity contribution < 1.29 is 5.21 Å². The van der Waals surface area contributed by atoms with Crippen molar-refractivity contribution >= 4 is 44.3 Å². The molecule has 0 aliphatic rings. The molecule has 0 amide bonds. The Kier molecular flexibility index (Phi) is 4.20. The van der Waals surface area contributed by atoms with E-state index >= 15 is 0 Å². The van der Waals surface area contributed by atoms with Crippen molar-refractivity contribution in [2.75, 3.05) is 5.23 Å². The molecule has 0 radical (unpaired) electrons. The van der Waals surface area contributed by atoms with E-state index in [1.54, 1.807) is 18.3 Å². The Bertz CT molecular complexity index is 833. The first-order valence-corrected chi connectivity index (χ1v) is 7.42. The van der Waals surface area contributed by atoms with Crippen LogP contribution in [0.25, 0.3) is 10.8 Å². The normalized spacial score (nSPS) is 11.2. The number of fused-ring (bicyclic) bond motifs is 1. The molecule has 0 saturated carbocycles. The zero-order valence-corrected chi connectivity index (χ0v) is 13.1. The standard InChI is InChI=1S/C17H12BrN2O2/c18-15-9-10-16(20(21)22)17-12(5-4-8-14(15)17)11-19-13-6-2-1-3-7-13/h1-11,21H/q-1.